The molecule has 0 radical (unpaired) electrons. The molecule has 1 amide bonds. The number of fused-ring (bicyclic) bond motifs is 1. The molecular weight excluding hydrogens is 356 g/mol. The van der Waals surface area contributed by atoms with Crippen molar-refractivity contribution in [3.63, 3.8) is 0 Å². The summed E-state index contributed by atoms with van der Waals surface area (Å²) >= 11 is 2.73. The maximum absolute atomic E-state index is 12.8. The largest absolute Gasteiger partial charge is 0.344 e. The van der Waals surface area contributed by atoms with E-state index in [1.54, 1.807) is 17.7 Å². The van der Waals surface area contributed by atoms with Crippen LogP contribution in [-0.4, -0.2) is 39.7 Å². The third-order valence-electron chi connectivity index (χ3n) is 3.88. The summed E-state index contributed by atoms with van der Waals surface area (Å²) in [6.07, 6.45) is 1.94. The molecule has 8 heteroatoms. The number of thiophene rings is 1. The van der Waals surface area contributed by atoms with Gasteiger partial charge in [-0.1, -0.05) is 17.8 Å². The van der Waals surface area contributed by atoms with E-state index >= 15 is 0 Å². The van der Waals surface area contributed by atoms with Gasteiger partial charge < -0.3 is 4.90 Å². The third kappa shape index (κ3) is 4.11. The molecule has 0 atom stereocenters. The van der Waals surface area contributed by atoms with Crippen molar-refractivity contribution in [2.24, 2.45) is 0 Å². The van der Waals surface area contributed by atoms with E-state index in [1.165, 1.54) is 28.0 Å². The van der Waals surface area contributed by atoms with Crippen LogP contribution in [0.3, 0.4) is 0 Å². The van der Waals surface area contributed by atoms with Crippen molar-refractivity contribution < 1.29 is 4.79 Å². The second kappa shape index (κ2) is 8.32. The van der Waals surface area contributed by atoms with Gasteiger partial charge in [0.25, 0.3) is 5.56 Å². The summed E-state index contributed by atoms with van der Waals surface area (Å²) in [5.74, 6) is 0.0682. The topological polar surface area (TPSA) is 79.0 Å². The summed E-state index contributed by atoms with van der Waals surface area (Å²) < 4.78 is 1.56. The summed E-state index contributed by atoms with van der Waals surface area (Å²) in [7, 11) is 1.67. The lowest BCUT2D eigenvalue weighted by Gasteiger charge is -2.15. The third-order valence-corrected chi connectivity index (χ3v) is 5.94. The van der Waals surface area contributed by atoms with Gasteiger partial charge in [0.2, 0.25) is 5.91 Å². The molecule has 0 N–H and O–H groups in total. The second-order valence-corrected chi connectivity index (χ2v) is 7.72. The number of amides is 1. The molecule has 0 saturated heterocycles. The SMILES string of the molecule is C=CCn1c(SCC(=O)N(C)CCC#N)nc2sc(C)c(C)c2c1=O. The molecule has 0 spiro atoms. The Morgan fingerprint density at radius 1 is 1.52 bits per heavy atom. The quantitative estimate of drug-likeness (QED) is 0.422. The van der Waals surface area contributed by atoms with E-state index in [0.717, 1.165) is 10.4 Å². The first kappa shape index (κ1) is 19.2. The zero-order valence-corrected chi connectivity index (χ0v) is 16.2. The van der Waals surface area contributed by atoms with Gasteiger partial charge in [-0.15, -0.1) is 17.9 Å². The van der Waals surface area contributed by atoms with Crippen LogP contribution in [0.4, 0.5) is 0 Å². The zero-order valence-electron chi connectivity index (χ0n) is 14.5. The van der Waals surface area contributed by atoms with Crippen molar-refractivity contribution in [1.82, 2.24) is 14.5 Å². The lowest BCUT2D eigenvalue weighted by Crippen LogP contribution is -2.29. The molecule has 2 rings (SSSR count). The number of aromatic nitrogens is 2. The summed E-state index contributed by atoms with van der Waals surface area (Å²) in [4.78, 5) is 32.9. The van der Waals surface area contributed by atoms with E-state index < -0.39 is 0 Å². The van der Waals surface area contributed by atoms with Gasteiger partial charge >= 0.3 is 0 Å². The number of rotatable bonds is 7. The van der Waals surface area contributed by atoms with Crippen LogP contribution in [0.1, 0.15) is 16.9 Å². The molecule has 0 aliphatic carbocycles. The minimum absolute atomic E-state index is 0.0977. The minimum atomic E-state index is -0.0988. The molecule has 0 unspecified atom stereocenters. The van der Waals surface area contributed by atoms with Crippen LogP contribution >= 0.6 is 23.1 Å². The first-order chi connectivity index (χ1) is 11.9. The second-order valence-electron chi connectivity index (χ2n) is 5.57. The predicted molar refractivity (Wildman–Crippen MR) is 102 cm³/mol. The Bertz CT molecular complexity index is 908. The Morgan fingerprint density at radius 2 is 2.24 bits per heavy atom. The van der Waals surface area contributed by atoms with E-state index in [9.17, 15) is 9.59 Å². The predicted octanol–water partition coefficient (Wildman–Crippen LogP) is 2.73. The number of nitrogens with zero attached hydrogens (tertiary/aromatic N) is 4. The van der Waals surface area contributed by atoms with Gasteiger partial charge in [-0.05, 0) is 19.4 Å². The minimum Gasteiger partial charge on any atom is -0.344 e. The van der Waals surface area contributed by atoms with Crippen LogP contribution < -0.4 is 5.56 Å². The number of nitriles is 1. The Kier molecular flexibility index (Phi) is 6.39. The van der Waals surface area contributed by atoms with E-state index in [2.05, 4.69) is 11.6 Å². The maximum atomic E-state index is 12.8. The molecule has 2 heterocycles. The molecule has 132 valence electrons. The molecule has 0 aliphatic heterocycles. The molecule has 0 fully saturated rings. The molecule has 0 aromatic carbocycles. The number of aryl methyl sites for hydroxylation is 2. The van der Waals surface area contributed by atoms with Crippen molar-refractivity contribution in [2.75, 3.05) is 19.3 Å². The average molecular weight is 377 g/mol. The van der Waals surface area contributed by atoms with Crippen molar-refractivity contribution in [2.45, 2.75) is 32.0 Å². The van der Waals surface area contributed by atoms with Crippen molar-refractivity contribution in [3.05, 3.63) is 33.4 Å². The highest BCUT2D eigenvalue weighted by molar-refractivity contribution is 7.99. The van der Waals surface area contributed by atoms with Gasteiger partial charge in [-0.2, -0.15) is 5.26 Å². The number of hydrogen-bond acceptors (Lipinski definition) is 6. The van der Waals surface area contributed by atoms with Gasteiger partial charge in [0.05, 0.1) is 23.6 Å². The first-order valence-electron chi connectivity index (χ1n) is 7.75. The van der Waals surface area contributed by atoms with Gasteiger partial charge in [0, 0.05) is 25.0 Å². The Balaban J connectivity index is 2.32. The molecule has 2 aromatic heterocycles. The molecule has 2 aromatic rings. The normalized spacial score (nSPS) is 10.6. The van der Waals surface area contributed by atoms with E-state index in [4.69, 9.17) is 5.26 Å². The van der Waals surface area contributed by atoms with E-state index in [0.29, 0.717) is 34.9 Å². The molecular formula is C17H20N4O2S2. The van der Waals surface area contributed by atoms with Crippen molar-refractivity contribution in [3.8, 4) is 6.07 Å². The number of allylic oxidation sites excluding steroid dienone is 1. The Hall–Kier alpha value is -2.11. The first-order valence-corrected chi connectivity index (χ1v) is 9.56. The summed E-state index contributed by atoms with van der Waals surface area (Å²) in [5.41, 5.74) is 0.860. The van der Waals surface area contributed by atoms with Gasteiger partial charge in [-0.3, -0.25) is 14.2 Å². The fourth-order valence-corrected chi connectivity index (χ4v) is 4.31. The van der Waals surface area contributed by atoms with Gasteiger partial charge in [0.1, 0.15) is 4.83 Å². The highest BCUT2D eigenvalue weighted by atomic mass is 32.2. The maximum Gasteiger partial charge on any atom is 0.263 e. The molecule has 6 nitrogen and oxygen atoms in total. The van der Waals surface area contributed by atoms with E-state index in [1.807, 2.05) is 19.9 Å². The number of thioether (sulfide) groups is 1. The van der Waals surface area contributed by atoms with Crippen LogP contribution in [0.25, 0.3) is 10.2 Å². The fourth-order valence-electron chi connectivity index (χ4n) is 2.29. The number of hydrogen-bond donors (Lipinski definition) is 0. The molecule has 0 bridgehead atoms. The Labute approximate surface area is 154 Å². The molecule has 0 aliphatic rings. The summed E-state index contributed by atoms with van der Waals surface area (Å²) in [6.45, 7) is 8.34. The standard InChI is InChI=1S/C17H20N4O2S2/c1-5-8-21-16(23)14-11(2)12(3)25-15(14)19-17(21)24-10-13(22)20(4)9-6-7-18/h5H,1,6,8-10H2,2-4H3. The zero-order chi connectivity index (χ0) is 18.6. The average Bonchev–Trinajstić information content (AvgIpc) is 2.87. The van der Waals surface area contributed by atoms with Crippen LogP contribution in [-0.2, 0) is 11.3 Å². The lowest BCUT2D eigenvalue weighted by atomic mass is 10.2. The summed E-state index contributed by atoms with van der Waals surface area (Å²) in [6, 6.07) is 2.02. The molecule has 25 heavy (non-hydrogen) atoms. The highest BCUT2D eigenvalue weighted by Gasteiger charge is 2.18. The number of carbonyl (C=O) groups is 1. The number of carbonyl (C=O) groups excluding carboxylic acids is 1. The highest BCUT2D eigenvalue weighted by Crippen LogP contribution is 2.28. The van der Waals surface area contributed by atoms with Gasteiger partial charge in [0.15, 0.2) is 5.16 Å². The fraction of sp³-hybridized carbons (Fsp3) is 0.412. The smallest absolute Gasteiger partial charge is 0.263 e. The van der Waals surface area contributed by atoms with Crippen molar-refractivity contribution in [1.29, 1.82) is 5.26 Å². The summed E-state index contributed by atoms with van der Waals surface area (Å²) in [5, 5.41) is 9.77. The lowest BCUT2D eigenvalue weighted by molar-refractivity contribution is -0.127. The van der Waals surface area contributed by atoms with Crippen LogP contribution in [0.2, 0.25) is 0 Å². The van der Waals surface area contributed by atoms with E-state index in [-0.39, 0.29) is 17.2 Å². The van der Waals surface area contributed by atoms with Crippen LogP contribution in [0, 0.1) is 25.2 Å². The monoisotopic (exact) mass is 376 g/mol. The molecule has 0 saturated carbocycles. The van der Waals surface area contributed by atoms with Crippen molar-refractivity contribution >= 4 is 39.2 Å². The Morgan fingerprint density at radius 3 is 2.88 bits per heavy atom. The van der Waals surface area contributed by atoms with Gasteiger partial charge in [-0.25, -0.2) is 4.98 Å². The van der Waals surface area contributed by atoms with Crippen LogP contribution in [0.5, 0.6) is 0 Å². The van der Waals surface area contributed by atoms with Crippen LogP contribution in [0.15, 0.2) is 22.6 Å².